The van der Waals surface area contributed by atoms with Gasteiger partial charge >= 0.3 is 0 Å². The molecule has 0 saturated carbocycles. The van der Waals surface area contributed by atoms with Gasteiger partial charge in [-0.25, -0.2) is 13.4 Å². The minimum Gasteiger partial charge on any atom is -0.494 e. The van der Waals surface area contributed by atoms with Gasteiger partial charge in [0.2, 0.25) is 5.91 Å². The maximum Gasteiger partial charge on any atom is 0.233 e. The molecular formula is C24H23N3O4S2. The SMILES string of the molecule is CCOc1ccc2nc(N(Cc3ccncc3)C(=O)Cc3ccc(S(C)(=O)=O)cc3)sc2c1. The molecule has 4 aromatic rings. The van der Waals surface area contributed by atoms with Gasteiger partial charge in [-0.05, 0) is 60.5 Å². The largest absolute Gasteiger partial charge is 0.494 e. The van der Waals surface area contributed by atoms with Crippen molar-refractivity contribution < 1.29 is 17.9 Å². The van der Waals surface area contributed by atoms with Crippen molar-refractivity contribution in [1.29, 1.82) is 0 Å². The van der Waals surface area contributed by atoms with E-state index in [0.717, 1.165) is 33.3 Å². The van der Waals surface area contributed by atoms with Crippen LogP contribution in [-0.4, -0.2) is 37.2 Å². The van der Waals surface area contributed by atoms with E-state index in [1.54, 1.807) is 29.4 Å². The molecule has 4 rings (SSSR count). The molecule has 0 unspecified atom stereocenters. The Kier molecular flexibility index (Phi) is 6.71. The highest BCUT2D eigenvalue weighted by atomic mass is 32.2. The van der Waals surface area contributed by atoms with Crippen LogP contribution in [0.1, 0.15) is 18.1 Å². The standard InChI is InChI=1S/C24H23N3O4S2/c1-3-31-19-6-9-21-22(15-19)32-24(26-21)27(16-18-10-12-25-13-11-18)23(28)14-17-4-7-20(8-5-17)33(2,29)30/h4-13,15H,3,14,16H2,1-2H3. The average molecular weight is 482 g/mol. The van der Waals surface area contributed by atoms with E-state index in [1.165, 1.54) is 23.5 Å². The fraction of sp³-hybridized carbons (Fsp3) is 0.208. The summed E-state index contributed by atoms with van der Waals surface area (Å²) in [5, 5.41) is 0.591. The van der Waals surface area contributed by atoms with Gasteiger partial charge in [0.05, 0.1) is 34.7 Å². The van der Waals surface area contributed by atoms with Crippen molar-refractivity contribution in [3.63, 3.8) is 0 Å². The first-order valence-corrected chi connectivity index (χ1v) is 13.1. The fourth-order valence-electron chi connectivity index (χ4n) is 3.32. The molecule has 33 heavy (non-hydrogen) atoms. The average Bonchev–Trinajstić information content (AvgIpc) is 3.21. The summed E-state index contributed by atoms with van der Waals surface area (Å²) in [5.41, 5.74) is 2.45. The molecule has 0 aliphatic heterocycles. The third-order valence-corrected chi connectivity index (χ3v) is 7.16. The topological polar surface area (TPSA) is 89.5 Å². The summed E-state index contributed by atoms with van der Waals surface area (Å²) in [4.78, 5) is 24.0. The Balaban J connectivity index is 1.64. The Hall–Kier alpha value is -3.30. The molecule has 0 N–H and O–H groups in total. The Morgan fingerprint density at radius 3 is 2.42 bits per heavy atom. The van der Waals surface area contributed by atoms with Gasteiger partial charge in [0, 0.05) is 18.6 Å². The zero-order chi connectivity index (χ0) is 23.4. The zero-order valence-corrected chi connectivity index (χ0v) is 19.9. The number of fused-ring (bicyclic) bond motifs is 1. The molecule has 0 radical (unpaired) electrons. The number of benzene rings is 2. The van der Waals surface area contributed by atoms with Crippen LogP contribution < -0.4 is 9.64 Å². The number of nitrogens with zero attached hydrogens (tertiary/aromatic N) is 3. The summed E-state index contributed by atoms with van der Waals surface area (Å²) in [6, 6.07) is 15.8. The number of thiazole rings is 1. The highest BCUT2D eigenvalue weighted by molar-refractivity contribution is 7.90. The third-order valence-electron chi connectivity index (χ3n) is 4.99. The minimum atomic E-state index is -3.29. The molecule has 9 heteroatoms. The van der Waals surface area contributed by atoms with E-state index in [1.807, 2.05) is 37.3 Å². The number of hydrogen-bond acceptors (Lipinski definition) is 7. The highest BCUT2D eigenvalue weighted by Gasteiger charge is 2.21. The van der Waals surface area contributed by atoms with E-state index >= 15 is 0 Å². The van der Waals surface area contributed by atoms with Crippen LogP contribution in [0.25, 0.3) is 10.2 Å². The second-order valence-corrected chi connectivity index (χ2v) is 10.5. The normalized spacial score (nSPS) is 11.5. The molecule has 0 fully saturated rings. The molecule has 0 atom stereocenters. The smallest absolute Gasteiger partial charge is 0.233 e. The van der Waals surface area contributed by atoms with Crippen LogP contribution in [0, 0.1) is 0 Å². The first-order valence-electron chi connectivity index (χ1n) is 10.3. The van der Waals surface area contributed by atoms with Crippen molar-refractivity contribution in [1.82, 2.24) is 9.97 Å². The van der Waals surface area contributed by atoms with Gasteiger partial charge in [0.1, 0.15) is 5.75 Å². The number of ether oxygens (including phenoxy) is 1. The number of carbonyl (C=O) groups is 1. The number of hydrogen-bond donors (Lipinski definition) is 0. The van der Waals surface area contributed by atoms with E-state index in [4.69, 9.17) is 9.72 Å². The van der Waals surface area contributed by atoms with Crippen LogP contribution in [-0.2, 0) is 27.6 Å². The molecule has 0 aliphatic carbocycles. The van der Waals surface area contributed by atoms with E-state index < -0.39 is 9.84 Å². The number of sulfone groups is 1. The van der Waals surface area contributed by atoms with Gasteiger partial charge in [0.15, 0.2) is 15.0 Å². The number of rotatable bonds is 8. The molecule has 0 aliphatic rings. The van der Waals surface area contributed by atoms with Gasteiger partial charge in [-0.1, -0.05) is 23.5 Å². The first kappa shape index (κ1) is 22.9. The second-order valence-electron chi connectivity index (χ2n) is 7.49. The Labute approximate surface area is 196 Å². The number of aromatic nitrogens is 2. The van der Waals surface area contributed by atoms with Crippen molar-refractivity contribution >= 4 is 42.4 Å². The molecule has 0 spiro atoms. The number of carbonyl (C=O) groups excluding carboxylic acids is 1. The molecule has 0 bridgehead atoms. The number of anilines is 1. The Bertz CT molecular complexity index is 1370. The van der Waals surface area contributed by atoms with Crippen LogP contribution in [0.3, 0.4) is 0 Å². The summed E-state index contributed by atoms with van der Waals surface area (Å²) in [6.07, 6.45) is 4.66. The van der Waals surface area contributed by atoms with Crippen molar-refractivity contribution in [2.75, 3.05) is 17.8 Å². The van der Waals surface area contributed by atoms with Crippen molar-refractivity contribution in [2.24, 2.45) is 0 Å². The van der Waals surface area contributed by atoms with Crippen LogP contribution in [0.4, 0.5) is 5.13 Å². The fourth-order valence-corrected chi connectivity index (χ4v) is 4.96. The zero-order valence-electron chi connectivity index (χ0n) is 18.3. The summed E-state index contributed by atoms with van der Waals surface area (Å²) in [7, 11) is -3.29. The van der Waals surface area contributed by atoms with Gasteiger partial charge in [-0.3, -0.25) is 14.7 Å². The summed E-state index contributed by atoms with van der Waals surface area (Å²) >= 11 is 1.43. The predicted molar refractivity (Wildman–Crippen MR) is 129 cm³/mol. The molecule has 2 heterocycles. The lowest BCUT2D eigenvalue weighted by Crippen LogP contribution is -2.31. The Morgan fingerprint density at radius 1 is 1.03 bits per heavy atom. The minimum absolute atomic E-state index is 0.120. The molecule has 2 aromatic carbocycles. The van der Waals surface area contributed by atoms with Gasteiger partial charge in [0.25, 0.3) is 0 Å². The third kappa shape index (κ3) is 5.55. The van der Waals surface area contributed by atoms with Crippen LogP contribution in [0.5, 0.6) is 5.75 Å². The Morgan fingerprint density at radius 2 is 1.76 bits per heavy atom. The second kappa shape index (κ2) is 9.68. The summed E-state index contributed by atoms with van der Waals surface area (Å²) < 4.78 is 30.0. The quantitative estimate of drug-likeness (QED) is 0.373. The maximum atomic E-state index is 13.4. The maximum absolute atomic E-state index is 13.4. The predicted octanol–water partition coefficient (Wildman–Crippen LogP) is 4.27. The van der Waals surface area contributed by atoms with Crippen molar-refractivity contribution in [2.45, 2.75) is 24.8 Å². The molecule has 0 saturated heterocycles. The molecule has 1 amide bonds. The van der Waals surface area contributed by atoms with Crippen molar-refractivity contribution in [3.8, 4) is 5.75 Å². The first-order chi connectivity index (χ1) is 15.8. The number of pyridine rings is 1. The molecule has 2 aromatic heterocycles. The highest BCUT2D eigenvalue weighted by Crippen LogP contribution is 2.32. The van der Waals surface area contributed by atoms with Crippen molar-refractivity contribution in [3.05, 3.63) is 78.1 Å². The van der Waals surface area contributed by atoms with E-state index in [2.05, 4.69) is 4.98 Å². The monoisotopic (exact) mass is 481 g/mol. The van der Waals surface area contributed by atoms with E-state index in [0.29, 0.717) is 18.3 Å². The van der Waals surface area contributed by atoms with E-state index in [-0.39, 0.29) is 17.2 Å². The van der Waals surface area contributed by atoms with Crippen LogP contribution in [0.2, 0.25) is 0 Å². The molecular weight excluding hydrogens is 458 g/mol. The van der Waals surface area contributed by atoms with Gasteiger partial charge in [-0.15, -0.1) is 0 Å². The van der Waals surface area contributed by atoms with Crippen LogP contribution in [0.15, 0.2) is 71.9 Å². The summed E-state index contributed by atoms with van der Waals surface area (Å²) in [5.74, 6) is 0.626. The summed E-state index contributed by atoms with van der Waals surface area (Å²) in [6.45, 7) is 2.85. The molecule has 7 nitrogen and oxygen atoms in total. The lowest BCUT2D eigenvalue weighted by atomic mass is 10.1. The van der Waals surface area contributed by atoms with Crippen LogP contribution >= 0.6 is 11.3 Å². The lowest BCUT2D eigenvalue weighted by molar-refractivity contribution is -0.118. The lowest BCUT2D eigenvalue weighted by Gasteiger charge is -2.20. The number of amides is 1. The van der Waals surface area contributed by atoms with Gasteiger partial charge < -0.3 is 4.74 Å². The molecule has 170 valence electrons. The van der Waals surface area contributed by atoms with Gasteiger partial charge in [-0.2, -0.15) is 0 Å². The van der Waals surface area contributed by atoms with E-state index in [9.17, 15) is 13.2 Å².